The number of anilines is 2. The minimum absolute atomic E-state index is 0.188. The van der Waals surface area contributed by atoms with Crippen molar-refractivity contribution in [1.29, 1.82) is 0 Å². The molecule has 0 aliphatic heterocycles. The van der Waals surface area contributed by atoms with E-state index in [4.69, 9.17) is 10.3 Å². The summed E-state index contributed by atoms with van der Waals surface area (Å²) in [6.45, 7) is 1.73. The molecule has 0 aromatic carbocycles. The van der Waals surface area contributed by atoms with Crippen LogP contribution in [0.25, 0.3) is 0 Å². The van der Waals surface area contributed by atoms with Crippen LogP contribution >= 0.6 is 11.3 Å². The maximum absolute atomic E-state index is 11.5. The Balaban J connectivity index is 2.10. The Labute approximate surface area is 88.3 Å². The van der Waals surface area contributed by atoms with Gasteiger partial charge in [-0.1, -0.05) is 16.5 Å². The number of nitrogens with one attached hydrogen (secondary N) is 1. The molecule has 0 radical (unpaired) electrons. The molecule has 8 heteroatoms. The monoisotopic (exact) mass is 225 g/mol. The number of hydrogen-bond donors (Lipinski definition) is 2. The van der Waals surface area contributed by atoms with Gasteiger partial charge in [0, 0.05) is 6.07 Å². The molecule has 2 aromatic heterocycles. The van der Waals surface area contributed by atoms with Crippen LogP contribution in [0.5, 0.6) is 0 Å². The van der Waals surface area contributed by atoms with Crippen LogP contribution in [0, 0.1) is 6.92 Å². The SMILES string of the molecule is Cc1cc(NC(=O)c2nnc(N)s2)no1. The fraction of sp³-hybridized carbons (Fsp3) is 0.143. The minimum Gasteiger partial charge on any atom is -0.374 e. The van der Waals surface area contributed by atoms with Crippen LogP contribution in [0.1, 0.15) is 15.6 Å². The first-order valence-corrected chi connectivity index (χ1v) is 4.80. The van der Waals surface area contributed by atoms with Crippen molar-refractivity contribution >= 4 is 28.2 Å². The third kappa shape index (κ3) is 2.10. The molecule has 0 aliphatic carbocycles. The van der Waals surface area contributed by atoms with Crippen LogP contribution in [-0.2, 0) is 0 Å². The second-order valence-corrected chi connectivity index (χ2v) is 3.73. The zero-order valence-electron chi connectivity index (χ0n) is 7.72. The van der Waals surface area contributed by atoms with Gasteiger partial charge in [-0.2, -0.15) is 0 Å². The molecular weight excluding hydrogens is 218 g/mol. The molecule has 0 fully saturated rings. The van der Waals surface area contributed by atoms with E-state index < -0.39 is 5.91 Å². The summed E-state index contributed by atoms with van der Waals surface area (Å²) in [6.07, 6.45) is 0. The molecule has 0 atom stereocenters. The predicted octanol–water partition coefficient (Wildman–Crippen LogP) is 0.669. The van der Waals surface area contributed by atoms with E-state index in [2.05, 4.69) is 20.7 Å². The normalized spacial score (nSPS) is 10.2. The fourth-order valence-corrected chi connectivity index (χ4v) is 1.43. The molecule has 3 N–H and O–H groups in total. The number of aromatic nitrogens is 3. The maximum atomic E-state index is 11.5. The summed E-state index contributed by atoms with van der Waals surface area (Å²) in [6, 6.07) is 1.60. The van der Waals surface area contributed by atoms with Crippen molar-refractivity contribution in [2.24, 2.45) is 0 Å². The van der Waals surface area contributed by atoms with Gasteiger partial charge in [0.2, 0.25) is 10.1 Å². The topological polar surface area (TPSA) is 107 Å². The summed E-state index contributed by atoms with van der Waals surface area (Å²) in [4.78, 5) is 11.5. The second kappa shape index (κ2) is 3.65. The van der Waals surface area contributed by atoms with E-state index >= 15 is 0 Å². The Bertz CT molecular complexity index is 491. The van der Waals surface area contributed by atoms with Crippen LogP contribution in [-0.4, -0.2) is 21.3 Å². The van der Waals surface area contributed by atoms with Crippen molar-refractivity contribution in [3.05, 3.63) is 16.8 Å². The van der Waals surface area contributed by atoms with Crippen LogP contribution in [0.3, 0.4) is 0 Å². The Kier molecular flexibility index (Phi) is 2.34. The summed E-state index contributed by atoms with van der Waals surface area (Å²) >= 11 is 1.01. The lowest BCUT2D eigenvalue weighted by molar-refractivity contribution is 0.102. The third-order valence-electron chi connectivity index (χ3n) is 1.50. The molecule has 0 aliphatic rings. The average Bonchev–Trinajstić information content (AvgIpc) is 2.75. The lowest BCUT2D eigenvalue weighted by Gasteiger charge is -1.94. The molecule has 15 heavy (non-hydrogen) atoms. The van der Waals surface area contributed by atoms with Gasteiger partial charge in [-0.3, -0.25) is 4.79 Å². The van der Waals surface area contributed by atoms with Gasteiger partial charge in [-0.05, 0) is 6.92 Å². The standard InChI is InChI=1S/C7H7N5O2S/c1-3-2-4(12-14-3)9-5(13)6-10-11-7(8)15-6/h2H,1H3,(H2,8,11)(H,9,12,13). The lowest BCUT2D eigenvalue weighted by Crippen LogP contribution is -2.11. The molecule has 0 spiro atoms. The summed E-state index contributed by atoms with van der Waals surface area (Å²) in [5, 5.41) is 13.7. The molecule has 2 heterocycles. The number of carbonyl (C=O) groups is 1. The molecule has 2 rings (SSSR count). The van der Waals surface area contributed by atoms with Crippen molar-refractivity contribution in [1.82, 2.24) is 15.4 Å². The number of carbonyl (C=O) groups excluding carboxylic acids is 1. The van der Waals surface area contributed by atoms with Crippen molar-refractivity contribution in [2.75, 3.05) is 11.1 Å². The average molecular weight is 225 g/mol. The number of hydrogen-bond acceptors (Lipinski definition) is 7. The zero-order valence-corrected chi connectivity index (χ0v) is 8.54. The van der Waals surface area contributed by atoms with E-state index in [1.807, 2.05) is 0 Å². The highest BCUT2D eigenvalue weighted by Gasteiger charge is 2.13. The van der Waals surface area contributed by atoms with Gasteiger partial charge < -0.3 is 15.6 Å². The van der Waals surface area contributed by atoms with Gasteiger partial charge in [0.15, 0.2) is 5.82 Å². The van der Waals surface area contributed by atoms with E-state index in [0.29, 0.717) is 11.6 Å². The van der Waals surface area contributed by atoms with Crippen molar-refractivity contribution in [3.8, 4) is 0 Å². The van der Waals surface area contributed by atoms with Gasteiger partial charge in [0.1, 0.15) is 5.76 Å². The highest BCUT2D eigenvalue weighted by Crippen LogP contribution is 2.13. The number of nitrogen functional groups attached to an aromatic ring is 1. The molecule has 0 bridgehead atoms. The molecule has 0 saturated carbocycles. The van der Waals surface area contributed by atoms with Gasteiger partial charge in [-0.25, -0.2) is 0 Å². The molecule has 7 nitrogen and oxygen atoms in total. The summed E-state index contributed by atoms with van der Waals surface area (Å²) in [5.41, 5.74) is 5.34. The molecule has 2 aromatic rings. The number of nitrogens with two attached hydrogens (primary N) is 1. The fourth-order valence-electron chi connectivity index (χ4n) is 0.921. The summed E-state index contributed by atoms with van der Waals surface area (Å²) in [5.74, 6) is 0.547. The Morgan fingerprint density at radius 3 is 2.93 bits per heavy atom. The molecular formula is C7H7N5O2S. The van der Waals surface area contributed by atoms with Gasteiger partial charge >= 0.3 is 0 Å². The second-order valence-electron chi connectivity index (χ2n) is 2.72. The van der Waals surface area contributed by atoms with E-state index in [1.54, 1.807) is 13.0 Å². The first kappa shape index (κ1) is 9.59. The third-order valence-corrected chi connectivity index (χ3v) is 2.26. The number of aryl methyl sites for hydroxylation is 1. The number of nitrogens with zero attached hydrogens (tertiary/aromatic N) is 3. The Morgan fingerprint density at radius 1 is 1.60 bits per heavy atom. The van der Waals surface area contributed by atoms with Crippen LogP contribution in [0.4, 0.5) is 10.9 Å². The zero-order chi connectivity index (χ0) is 10.8. The number of rotatable bonds is 2. The van der Waals surface area contributed by atoms with Crippen LogP contribution in [0.2, 0.25) is 0 Å². The smallest absolute Gasteiger partial charge is 0.287 e. The first-order chi connectivity index (χ1) is 7.15. The first-order valence-electron chi connectivity index (χ1n) is 3.99. The van der Waals surface area contributed by atoms with Crippen molar-refractivity contribution in [2.45, 2.75) is 6.92 Å². The van der Waals surface area contributed by atoms with Gasteiger partial charge in [-0.15, -0.1) is 10.2 Å². The van der Waals surface area contributed by atoms with Crippen molar-refractivity contribution < 1.29 is 9.32 Å². The lowest BCUT2D eigenvalue weighted by atomic mass is 10.5. The van der Waals surface area contributed by atoms with E-state index in [1.165, 1.54) is 0 Å². The molecule has 0 saturated heterocycles. The molecule has 1 amide bonds. The number of amides is 1. The Morgan fingerprint density at radius 2 is 2.40 bits per heavy atom. The van der Waals surface area contributed by atoms with Gasteiger partial charge in [0.05, 0.1) is 0 Å². The Hall–Kier alpha value is -1.96. The summed E-state index contributed by atoms with van der Waals surface area (Å²) in [7, 11) is 0. The van der Waals surface area contributed by atoms with E-state index in [9.17, 15) is 4.79 Å². The summed E-state index contributed by atoms with van der Waals surface area (Å²) < 4.78 is 4.78. The highest BCUT2D eigenvalue weighted by atomic mass is 32.1. The van der Waals surface area contributed by atoms with Crippen LogP contribution in [0.15, 0.2) is 10.6 Å². The molecule has 78 valence electrons. The van der Waals surface area contributed by atoms with Gasteiger partial charge in [0.25, 0.3) is 5.91 Å². The largest absolute Gasteiger partial charge is 0.374 e. The van der Waals surface area contributed by atoms with Crippen molar-refractivity contribution in [3.63, 3.8) is 0 Å². The molecule has 0 unspecified atom stereocenters. The quantitative estimate of drug-likeness (QED) is 0.777. The minimum atomic E-state index is -0.405. The highest BCUT2D eigenvalue weighted by molar-refractivity contribution is 7.16. The van der Waals surface area contributed by atoms with Crippen LogP contribution < -0.4 is 11.1 Å². The maximum Gasteiger partial charge on any atom is 0.287 e. The predicted molar refractivity (Wildman–Crippen MR) is 53.5 cm³/mol. The van der Waals surface area contributed by atoms with E-state index in [-0.39, 0.29) is 10.1 Å². The van der Waals surface area contributed by atoms with E-state index in [0.717, 1.165) is 11.3 Å².